The van der Waals surface area contributed by atoms with Crippen molar-refractivity contribution in [2.45, 2.75) is 6.54 Å². The molecule has 5 rings (SSSR count). The molecular weight excluding hydrogens is 424 g/mol. The molecule has 0 unspecified atom stereocenters. The summed E-state index contributed by atoms with van der Waals surface area (Å²) < 4.78 is 14.7. The fourth-order valence-electron chi connectivity index (χ4n) is 3.61. The molecule has 1 amide bonds. The Morgan fingerprint density at radius 3 is 2.58 bits per heavy atom. The summed E-state index contributed by atoms with van der Waals surface area (Å²) in [6.45, 7) is -0.262. The van der Waals surface area contributed by atoms with E-state index in [0.717, 1.165) is 15.9 Å². The predicted octanol–water partition coefficient (Wildman–Crippen LogP) is 2.47. The van der Waals surface area contributed by atoms with Gasteiger partial charge in [-0.2, -0.15) is 5.10 Å². The molecule has 3 heterocycles. The van der Waals surface area contributed by atoms with Crippen LogP contribution in [0.3, 0.4) is 0 Å². The number of carbonyl (C=O) groups is 1. The van der Waals surface area contributed by atoms with E-state index in [2.05, 4.69) is 15.5 Å². The number of hydrogen-bond acceptors (Lipinski definition) is 6. The van der Waals surface area contributed by atoms with Gasteiger partial charge in [-0.25, -0.2) is 18.4 Å². The van der Waals surface area contributed by atoms with Gasteiger partial charge in [0.25, 0.3) is 0 Å². The third-order valence-corrected chi connectivity index (χ3v) is 5.24. The van der Waals surface area contributed by atoms with Gasteiger partial charge in [0.05, 0.1) is 25.6 Å². The Bertz CT molecular complexity index is 1530. The van der Waals surface area contributed by atoms with Crippen LogP contribution in [0.15, 0.2) is 71.8 Å². The third-order valence-electron chi connectivity index (χ3n) is 5.24. The lowest BCUT2D eigenvalue weighted by molar-refractivity contribution is -0.117. The molecule has 33 heavy (non-hydrogen) atoms. The molecule has 0 saturated carbocycles. The number of carbonyl (C=O) groups excluding carboxylic acids is 1. The summed E-state index contributed by atoms with van der Waals surface area (Å²) in [5.41, 5.74) is 2.82. The topological polar surface area (TPSA) is 104 Å². The zero-order valence-corrected chi connectivity index (χ0v) is 17.9. The van der Waals surface area contributed by atoms with Crippen LogP contribution in [0.2, 0.25) is 0 Å². The van der Waals surface area contributed by atoms with Gasteiger partial charge in [-0.05, 0) is 18.2 Å². The summed E-state index contributed by atoms with van der Waals surface area (Å²) in [6.07, 6.45) is 3.27. The maximum absolute atomic E-state index is 12.9. The average molecular weight is 444 g/mol. The molecule has 10 heteroatoms. The highest BCUT2D eigenvalue weighted by Gasteiger charge is 2.16. The van der Waals surface area contributed by atoms with Gasteiger partial charge in [0.1, 0.15) is 23.6 Å². The predicted molar refractivity (Wildman–Crippen MR) is 122 cm³/mol. The molecule has 0 radical (unpaired) electrons. The molecule has 0 atom stereocenters. The van der Waals surface area contributed by atoms with Crippen LogP contribution in [0.25, 0.3) is 22.4 Å². The fraction of sp³-hybridized carbons (Fsp3) is 0.130. The van der Waals surface area contributed by atoms with E-state index in [1.54, 1.807) is 42.2 Å². The second-order valence-electron chi connectivity index (χ2n) is 7.27. The van der Waals surface area contributed by atoms with Gasteiger partial charge in [0.15, 0.2) is 5.65 Å². The van der Waals surface area contributed by atoms with Crippen molar-refractivity contribution < 1.29 is 14.3 Å². The number of amides is 1. The normalized spacial score (nSPS) is 11.1. The molecule has 0 saturated heterocycles. The Morgan fingerprint density at radius 1 is 1.00 bits per heavy atom. The Kier molecular flexibility index (Phi) is 5.02. The molecule has 166 valence electrons. The number of ether oxygens (including phenoxy) is 2. The highest BCUT2D eigenvalue weighted by Crippen LogP contribution is 2.29. The number of benzene rings is 2. The number of nitrogens with zero attached hydrogens (tertiary/aromatic N) is 5. The van der Waals surface area contributed by atoms with Crippen LogP contribution >= 0.6 is 0 Å². The molecule has 3 aromatic heterocycles. The Balaban J connectivity index is 1.46. The van der Waals surface area contributed by atoms with Gasteiger partial charge < -0.3 is 14.8 Å². The van der Waals surface area contributed by atoms with Crippen molar-refractivity contribution in [3.63, 3.8) is 0 Å². The first kappa shape index (κ1) is 20.3. The van der Waals surface area contributed by atoms with Gasteiger partial charge in [-0.1, -0.05) is 30.3 Å². The monoisotopic (exact) mass is 444 g/mol. The number of nitrogens with one attached hydrogen (secondary N) is 1. The zero-order valence-electron chi connectivity index (χ0n) is 17.9. The van der Waals surface area contributed by atoms with E-state index in [0.29, 0.717) is 28.4 Å². The van der Waals surface area contributed by atoms with Gasteiger partial charge in [-0.15, -0.1) is 5.10 Å². The maximum atomic E-state index is 12.9. The van der Waals surface area contributed by atoms with Gasteiger partial charge >= 0.3 is 5.69 Å². The lowest BCUT2D eigenvalue weighted by Crippen LogP contribution is -2.28. The van der Waals surface area contributed by atoms with E-state index in [1.165, 1.54) is 11.5 Å². The van der Waals surface area contributed by atoms with Crippen LogP contribution in [0.5, 0.6) is 11.5 Å². The van der Waals surface area contributed by atoms with E-state index in [9.17, 15) is 9.59 Å². The van der Waals surface area contributed by atoms with Crippen molar-refractivity contribution in [1.82, 2.24) is 23.8 Å². The van der Waals surface area contributed by atoms with E-state index >= 15 is 0 Å². The molecule has 2 aromatic carbocycles. The molecule has 0 bridgehead atoms. The van der Waals surface area contributed by atoms with Crippen molar-refractivity contribution in [3.8, 4) is 22.8 Å². The minimum Gasteiger partial charge on any atom is -0.497 e. The molecule has 0 aliphatic carbocycles. The van der Waals surface area contributed by atoms with E-state index in [1.807, 2.05) is 36.4 Å². The molecule has 0 spiro atoms. The van der Waals surface area contributed by atoms with Crippen molar-refractivity contribution in [1.29, 1.82) is 0 Å². The maximum Gasteiger partial charge on any atom is 0.350 e. The summed E-state index contributed by atoms with van der Waals surface area (Å²) in [5, 5.41) is 11.7. The molecule has 0 aliphatic rings. The smallest absolute Gasteiger partial charge is 0.350 e. The number of fused-ring (bicyclic) bond motifs is 3. The number of methoxy groups -OCH3 is 2. The summed E-state index contributed by atoms with van der Waals surface area (Å²) in [6, 6.07) is 16.6. The van der Waals surface area contributed by atoms with Crippen LogP contribution < -0.4 is 20.5 Å². The molecule has 5 aromatic rings. The van der Waals surface area contributed by atoms with E-state index in [-0.39, 0.29) is 6.54 Å². The first-order valence-corrected chi connectivity index (χ1v) is 10.1. The third kappa shape index (κ3) is 3.67. The quantitative estimate of drug-likeness (QED) is 0.432. The van der Waals surface area contributed by atoms with Crippen LogP contribution in [0.4, 0.5) is 5.69 Å². The van der Waals surface area contributed by atoms with E-state index < -0.39 is 11.6 Å². The standard InChI is InChI=1S/C23H20N6O4/c1-32-16-8-9-17(20(12-16)33-2)24-21(30)14-29-23(31)27-10-11-28-19(22(27)26-29)13-18(25-28)15-6-4-3-5-7-15/h3-13H,14H2,1-2H3,(H,24,30). The van der Waals surface area contributed by atoms with Crippen LogP contribution in [0.1, 0.15) is 0 Å². The lowest BCUT2D eigenvalue weighted by atomic mass is 10.1. The van der Waals surface area contributed by atoms with Crippen LogP contribution in [-0.4, -0.2) is 43.9 Å². The van der Waals surface area contributed by atoms with Crippen molar-refractivity contribution >= 4 is 22.8 Å². The lowest BCUT2D eigenvalue weighted by Gasteiger charge is -2.11. The molecule has 10 nitrogen and oxygen atoms in total. The molecule has 0 aliphatic heterocycles. The van der Waals surface area contributed by atoms with E-state index in [4.69, 9.17) is 9.47 Å². The second-order valence-corrected chi connectivity index (χ2v) is 7.27. The number of hydrogen-bond donors (Lipinski definition) is 1. The van der Waals surface area contributed by atoms with Crippen LogP contribution in [-0.2, 0) is 11.3 Å². The number of aromatic nitrogens is 5. The second kappa shape index (κ2) is 8.15. The first-order valence-electron chi connectivity index (χ1n) is 10.1. The van der Waals surface area contributed by atoms with Gasteiger partial charge in [0, 0.05) is 24.0 Å². The van der Waals surface area contributed by atoms with Crippen molar-refractivity contribution in [2.75, 3.05) is 19.5 Å². The number of anilines is 1. The Labute approximate surface area is 187 Å². The van der Waals surface area contributed by atoms with Crippen molar-refractivity contribution in [3.05, 3.63) is 77.5 Å². The molecular formula is C23H20N6O4. The van der Waals surface area contributed by atoms with Crippen molar-refractivity contribution in [2.24, 2.45) is 0 Å². The van der Waals surface area contributed by atoms with Crippen LogP contribution in [0, 0.1) is 0 Å². The molecule has 1 N–H and O–H groups in total. The minimum absolute atomic E-state index is 0.262. The largest absolute Gasteiger partial charge is 0.497 e. The molecule has 0 fully saturated rings. The fourth-order valence-corrected chi connectivity index (χ4v) is 3.61. The summed E-state index contributed by atoms with van der Waals surface area (Å²) >= 11 is 0. The van der Waals surface area contributed by atoms with Gasteiger partial charge in [0.2, 0.25) is 5.91 Å². The average Bonchev–Trinajstić information content (AvgIpc) is 3.41. The summed E-state index contributed by atoms with van der Waals surface area (Å²) in [5.74, 6) is 0.624. The Hall–Kier alpha value is -4.60. The number of rotatable bonds is 6. The first-order chi connectivity index (χ1) is 16.1. The Morgan fingerprint density at radius 2 is 1.82 bits per heavy atom. The summed E-state index contributed by atoms with van der Waals surface area (Å²) in [7, 11) is 3.04. The SMILES string of the molecule is COc1ccc(NC(=O)Cn2nc3c4cc(-c5ccccc5)nn4ccn3c2=O)c(OC)c1. The minimum atomic E-state index is -0.424. The summed E-state index contributed by atoms with van der Waals surface area (Å²) in [4.78, 5) is 25.5. The zero-order chi connectivity index (χ0) is 22.9. The van der Waals surface area contributed by atoms with Gasteiger partial charge in [-0.3, -0.25) is 4.79 Å². The highest BCUT2D eigenvalue weighted by molar-refractivity contribution is 5.92. The highest BCUT2D eigenvalue weighted by atomic mass is 16.5.